The summed E-state index contributed by atoms with van der Waals surface area (Å²) in [5, 5.41) is 1.17. The zero-order chi connectivity index (χ0) is 25.7. The van der Waals surface area contributed by atoms with Gasteiger partial charge in [-0.3, -0.25) is 9.69 Å². The molecule has 1 fully saturated rings. The predicted molar refractivity (Wildman–Crippen MR) is 148 cm³/mol. The van der Waals surface area contributed by atoms with Gasteiger partial charge in [0.2, 0.25) is 0 Å². The van der Waals surface area contributed by atoms with Crippen molar-refractivity contribution in [2.75, 3.05) is 13.2 Å². The third-order valence-corrected chi connectivity index (χ3v) is 7.18. The summed E-state index contributed by atoms with van der Waals surface area (Å²) >= 11 is 11.1. The maximum Gasteiger partial charge on any atom is 0.266 e. The van der Waals surface area contributed by atoms with Gasteiger partial charge in [-0.15, -0.1) is 0 Å². The Kier molecular flexibility index (Phi) is 8.72. The largest absolute Gasteiger partial charge is 0.490 e. The van der Waals surface area contributed by atoms with Crippen LogP contribution >= 0.6 is 39.3 Å². The van der Waals surface area contributed by atoms with Crippen LogP contribution in [0.5, 0.6) is 11.5 Å². The van der Waals surface area contributed by atoms with Crippen LogP contribution in [-0.4, -0.2) is 29.1 Å². The van der Waals surface area contributed by atoms with Gasteiger partial charge >= 0.3 is 0 Å². The molecule has 1 heterocycles. The molecule has 0 atom stereocenters. The number of aliphatic imine (C=N–C) groups is 1. The van der Waals surface area contributed by atoms with E-state index in [9.17, 15) is 9.18 Å². The third-order valence-electron chi connectivity index (χ3n) is 5.21. The molecule has 1 saturated heterocycles. The molecule has 0 N–H and O–H groups in total. The van der Waals surface area contributed by atoms with Crippen LogP contribution in [0.25, 0.3) is 6.08 Å². The van der Waals surface area contributed by atoms with E-state index in [-0.39, 0.29) is 18.3 Å². The van der Waals surface area contributed by atoms with Crippen LogP contribution in [0, 0.1) is 5.82 Å². The molecule has 0 unspecified atom stereocenters. The number of rotatable bonds is 8. The van der Waals surface area contributed by atoms with Crippen LogP contribution in [0.2, 0.25) is 5.02 Å². The first-order valence-corrected chi connectivity index (χ1v) is 13.3. The molecule has 186 valence electrons. The smallest absolute Gasteiger partial charge is 0.266 e. The maximum atomic E-state index is 13.3. The lowest BCUT2D eigenvalue weighted by atomic mass is 10.1. The van der Waals surface area contributed by atoms with Gasteiger partial charge in [0.05, 0.1) is 21.7 Å². The van der Waals surface area contributed by atoms with Crippen LogP contribution in [0.3, 0.4) is 0 Å². The highest BCUT2D eigenvalue weighted by atomic mass is 79.9. The van der Waals surface area contributed by atoms with Crippen molar-refractivity contribution in [1.82, 2.24) is 4.90 Å². The summed E-state index contributed by atoms with van der Waals surface area (Å²) in [7, 11) is 0. The molecular weight excluding hydrogens is 567 g/mol. The quantitative estimate of drug-likeness (QED) is 0.251. The molecule has 1 amide bonds. The zero-order valence-electron chi connectivity index (χ0n) is 19.6. The molecule has 1 aliphatic rings. The molecule has 0 radical (unpaired) electrons. The molecule has 3 aromatic rings. The fourth-order valence-corrected chi connectivity index (χ4v) is 5.31. The Morgan fingerprint density at radius 1 is 1.11 bits per heavy atom. The molecule has 9 heteroatoms. The second kappa shape index (κ2) is 12.0. The molecule has 0 saturated carbocycles. The Bertz CT molecular complexity index is 1330. The van der Waals surface area contributed by atoms with E-state index >= 15 is 0 Å². The van der Waals surface area contributed by atoms with Crippen LogP contribution < -0.4 is 9.47 Å². The minimum Gasteiger partial charge on any atom is -0.490 e. The summed E-state index contributed by atoms with van der Waals surface area (Å²) in [6.45, 7) is 4.97. The van der Waals surface area contributed by atoms with Gasteiger partial charge in [0, 0.05) is 17.1 Å². The lowest BCUT2D eigenvalue weighted by Crippen LogP contribution is -2.28. The monoisotopic (exact) mass is 588 g/mol. The maximum absolute atomic E-state index is 13.3. The summed E-state index contributed by atoms with van der Waals surface area (Å²) in [4.78, 5) is 19.7. The number of nitrogens with zero attached hydrogens (tertiary/aromatic N) is 2. The summed E-state index contributed by atoms with van der Waals surface area (Å²) < 4.78 is 25.8. The van der Waals surface area contributed by atoms with E-state index in [4.69, 9.17) is 21.1 Å². The first kappa shape index (κ1) is 26.3. The number of hydrogen-bond acceptors (Lipinski definition) is 5. The van der Waals surface area contributed by atoms with Crippen molar-refractivity contribution in [1.29, 1.82) is 0 Å². The average molecular weight is 590 g/mol. The van der Waals surface area contributed by atoms with Gasteiger partial charge in [0.15, 0.2) is 16.7 Å². The number of likely N-dealkylation sites (N-methyl/N-ethyl adjacent to an activating group) is 1. The van der Waals surface area contributed by atoms with Crippen molar-refractivity contribution in [2.45, 2.75) is 20.5 Å². The molecule has 3 aromatic carbocycles. The van der Waals surface area contributed by atoms with Gasteiger partial charge in [-0.05, 0) is 95.6 Å². The van der Waals surface area contributed by atoms with Gasteiger partial charge in [0.25, 0.3) is 5.91 Å². The first-order chi connectivity index (χ1) is 17.4. The van der Waals surface area contributed by atoms with E-state index in [1.54, 1.807) is 23.1 Å². The van der Waals surface area contributed by atoms with Gasteiger partial charge in [-0.2, -0.15) is 0 Å². The lowest BCUT2D eigenvalue weighted by molar-refractivity contribution is -0.122. The molecule has 0 aliphatic carbocycles. The number of carbonyl (C=O) groups is 1. The lowest BCUT2D eigenvalue weighted by Gasteiger charge is -2.15. The van der Waals surface area contributed by atoms with E-state index in [1.165, 1.54) is 23.9 Å². The second-order valence-electron chi connectivity index (χ2n) is 7.67. The molecule has 36 heavy (non-hydrogen) atoms. The Morgan fingerprint density at radius 2 is 1.86 bits per heavy atom. The number of benzene rings is 3. The Hall–Kier alpha value is -2.81. The summed E-state index contributed by atoms with van der Waals surface area (Å²) in [6, 6.07) is 17.0. The van der Waals surface area contributed by atoms with Gasteiger partial charge in [-0.25, -0.2) is 9.38 Å². The summed E-state index contributed by atoms with van der Waals surface area (Å²) in [6.07, 6.45) is 1.80. The van der Waals surface area contributed by atoms with Gasteiger partial charge in [-0.1, -0.05) is 29.8 Å². The zero-order valence-corrected chi connectivity index (χ0v) is 22.8. The van der Waals surface area contributed by atoms with Crippen LogP contribution in [0.15, 0.2) is 75.0 Å². The number of carbonyl (C=O) groups excluding carboxylic acids is 1. The molecule has 4 rings (SSSR count). The van der Waals surface area contributed by atoms with E-state index in [0.29, 0.717) is 49.9 Å². The van der Waals surface area contributed by atoms with Crippen molar-refractivity contribution in [3.63, 3.8) is 0 Å². The van der Waals surface area contributed by atoms with Crippen LogP contribution in [0.4, 0.5) is 10.1 Å². The number of amides is 1. The number of hydrogen-bond donors (Lipinski definition) is 0. The van der Waals surface area contributed by atoms with E-state index in [0.717, 1.165) is 11.1 Å². The fourth-order valence-electron chi connectivity index (χ4n) is 3.49. The van der Waals surface area contributed by atoms with Crippen molar-refractivity contribution in [3.8, 4) is 11.5 Å². The molecule has 0 spiro atoms. The van der Waals surface area contributed by atoms with Crippen LogP contribution in [-0.2, 0) is 11.4 Å². The minimum absolute atomic E-state index is 0.142. The Labute approximate surface area is 227 Å². The molecule has 1 aliphatic heterocycles. The third kappa shape index (κ3) is 6.11. The second-order valence-corrected chi connectivity index (χ2v) is 9.94. The van der Waals surface area contributed by atoms with E-state index in [1.807, 2.05) is 50.2 Å². The Balaban J connectivity index is 1.61. The van der Waals surface area contributed by atoms with Crippen molar-refractivity contribution in [3.05, 3.63) is 92.0 Å². The van der Waals surface area contributed by atoms with Crippen molar-refractivity contribution in [2.24, 2.45) is 4.99 Å². The topological polar surface area (TPSA) is 51.1 Å². The van der Waals surface area contributed by atoms with Gasteiger partial charge in [0.1, 0.15) is 12.4 Å². The molecule has 5 nitrogen and oxygen atoms in total. The number of amidine groups is 1. The highest BCUT2D eigenvalue weighted by Gasteiger charge is 2.32. The molecular formula is C27H23BrClFN2O3S. The van der Waals surface area contributed by atoms with Crippen molar-refractivity contribution < 1.29 is 18.7 Å². The molecule has 0 bridgehead atoms. The Morgan fingerprint density at radius 3 is 2.56 bits per heavy atom. The summed E-state index contributed by atoms with van der Waals surface area (Å²) in [5.74, 6) is 0.625. The SMILES string of the molecule is CCOc1cc(/C=C2/SC(=Nc3ccc(F)cc3)N(CC)C2=O)cc(Br)c1OCc1ccccc1Cl. The average Bonchev–Trinajstić information content (AvgIpc) is 3.14. The van der Waals surface area contributed by atoms with Crippen LogP contribution in [0.1, 0.15) is 25.0 Å². The van der Waals surface area contributed by atoms with E-state index in [2.05, 4.69) is 20.9 Å². The van der Waals surface area contributed by atoms with E-state index < -0.39 is 0 Å². The highest BCUT2D eigenvalue weighted by molar-refractivity contribution is 9.10. The standard InChI is InChI=1S/C27H23BrClFN2O3S/c1-3-32-26(33)24(36-27(32)31-20-11-9-19(30)10-12-20)15-17-13-21(28)25(23(14-17)34-4-2)35-16-18-7-5-6-8-22(18)29/h5-15H,3-4,16H2,1-2H3/b24-15+,31-27?. The number of halogens is 3. The van der Waals surface area contributed by atoms with Gasteiger partial charge < -0.3 is 9.47 Å². The normalized spacial score (nSPS) is 15.7. The minimum atomic E-state index is -0.336. The number of ether oxygens (including phenoxy) is 2. The van der Waals surface area contributed by atoms with Crippen molar-refractivity contribution >= 4 is 62.1 Å². The summed E-state index contributed by atoms with van der Waals surface area (Å²) in [5.41, 5.74) is 2.21. The highest BCUT2D eigenvalue weighted by Crippen LogP contribution is 2.40. The fraction of sp³-hybridized carbons (Fsp3) is 0.185. The predicted octanol–water partition coefficient (Wildman–Crippen LogP) is 7.84. The number of thioether (sulfide) groups is 1. The first-order valence-electron chi connectivity index (χ1n) is 11.3. The molecule has 0 aromatic heterocycles.